The highest BCUT2D eigenvalue weighted by Gasteiger charge is 2.24. The number of hydrogen-bond donors (Lipinski definition) is 2. The second-order valence-electron chi connectivity index (χ2n) is 6.67. The highest BCUT2D eigenvalue weighted by Crippen LogP contribution is 2.23. The maximum atomic E-state index is 12.5. The van der Waals surface area contributed by atoms with Gasteiger partial charge in [0.15, 0.2) is 10.7 Å². The van der Waals surface area contributed by atoms with E-state index in [1.165, 1.54) is 19.1 Å². The molecule has 0 radical (unpaired) electrons. The first kappa shape index (κ1) is 19.6. The second kappa shape index (κ2) is 7.47. The minimum absolute atomic E-state index is 0.0177. The fourth-order valence-corrected chi connectivity index (χ4v) is 4.39. The van der Waals surface area contributed by atoms with Crippen molar-refractivity contribution in [2.45, 2.75) is 32.6 Å². The van der Waals surface area contributed by atoms with Crippen LogP contribution < -0.4 is 10.0 Å². The summed E-state index contributed by atoms with van der Waals surface area (Å²) in [5, 5.41) is 6.51. The quantitative estimate of drug-likeness (QED) is 0.676. The van der Waals surface area contributed by atoms with Crippen LogP contribution in [0.5, 0.6) is 0 Å². The number of benzene rings is 2. The van der Waals surface area contributed by atoms with Crippen LogP contribution in [0, 0.1) is 27.7 Å². The van der Waals surface area contributed by atoms with Gasteiger partial charge >= 0.3 is 0 Å². The second-order valence-corrected chi connectivity index (χ2v) is 8.29. The van der Waals surface area contributed by atoms with E-state index >= 15 is 0 Å². The first-order chi connectivity index (χ1) is 13.2. The van der Waals surface area contributed by atoms with Gasteiger partial charge in [-0.15, -0.1) is 0 Å². The summed E-state index contributed by atoms with van der Waals surface area (Å²) < 4.78 is 32.5. The molecule has 1 aromatic heterocycles. The van der Waals surface area contributed by atoms with Gasteiger partial charge in [-0.3, -0.25) is 9.52 Å². The van der Waals surface area contributed by atoms with E-state index in [1.807, 2.05) is 32.0 Å². The highest BCUT2D eigenvalue weighted by atomic mass is 32.2. The van der Waals surface area contributed by atoms with Gasteiger partial charge in [0.1, 0.15) is 5.69 Å². The number of nitrogens with one attached hydrogen (secondary N) is 2. The molecule has 8 heteroatoms. The summed E-state index contributed by atoms with van der Waals surface area (Å²) in [6, 6.07) is 12.0. The summed E-state index contributed by atoms with van der Waals surface area (Å²) in [5.74, 6) is -0.0559. The normalized spacial score (nSPS) is 11.3. The van der Waals surface area contributed by atoms with Crippen LogP contribution in [0.15, 0.2) is 51.9 Å². The van der Waals surface area contributed by atoms with Gasteiger partial charge in [0.05, 0.1) is 0 Å². The molecule has 0 bridgehead atoms. The highest BCUT2D eigenvalue weighted by molar-refractivity contribution is 7.92. The molecule has 1 heterocycles. The first-order valence-electron chi connectivity index (χ1n) is 8.61. The summed E-state index contributed by atoms with van der Waals surface area (Å²) in [4.78, 5) is 12.5. The Morgan fingerprint density at radius 1 is 0.929 bits per heavy atom. The maximum Gasteiger partial charge on any atom is 0.267 e. The summed E-state index contributed by atoms with van der Waals surface area (Å²) in [6.45, 7) is 7.02. The molecule has 2 N–H and O–H groups in total. The monoisotopic (exact) mass is 399 g/mol. The topological polar surface area (TPSA) is 101 Å². The molecule has 0 unspecified atom stereocenters. The summed E-state index contributed by atoms with van der Waals surface area (Å²) in [7, 11) is -3.83. The summed E-state index contributed by atoms with van der Waals surface area (Å²) in [6.07, 6.45) is 0. The lowest BCUT2D eigenvalue weighted by atomic mass is 10.1. The van der Waals surface area contributed by atoms with Gasteiger partial charge in [-0.25, -0.2) is 8.42 Å². The molecule has 7 nitrogen and oxygen atoms in total. The predicted molar refractivity (Wildman–Crippen MR) is 107 cm³/mol. The molecule has 0 aliphatic rings. The van der Waals surface area contributed by atoms with Crippen LogP contribution in [0.25, 0.3) is 0 Å². The van der Waals surface area contributed by atoms with Crippen molar-refractivity contribution in [2.75, 3.05) is 10.0 Å². The fraction of sp³-hybridized carbons (Fsp3) is 0.200. The third-order valence-electron chi connectivity index (χ3n) is 4.12. The molecule has 0 saturated carbocycles. The zero-order chi connectivity index (χ0) is 20.5. The van der Waals surface area contributed by atoms with E-state index in [1.54, 1.807) is 19.1 Å². The Hall–Kier alpha value is -3.13. The molecule has 0 spiro atoms. The van der Waals surface area contributed by atoms with E-state index in [0.717, 1.165) is 11.1 Å². The van der Waals surface area contributed by atoms with Crippen LogP contribution in [0.1, 0.15) is 32.9 Å². The molecule has 0 atom stereocenters. The Labute approximate surface area is 163 Å². The molecule has 3 rings (SSSR count). The van der Waals surface area contributed by atoms with Crippen molar-refractivity contribution in [3.8, 4) is 0 Å². The van der Waals surface area contributed by atoms with Crippen LogP contribution >= 0.6 is 0 Å². The molecule has 0 aliphatic heterocycles. The molecule has 3 aromatic rings. The van der Waals surface area contributed by atoms with Crippen molar-refractivity contribution in [2.24, 2.45) is 0 Å². The predicted octanol–water partition coefficient (Wildman–Crippen LogP) is 3.96. The average Bonchev–Trinajstić information content (AvgIpc) is 2.93. The lowest BCUT2D eigenvalue weighted by molar-refractivity contribution is 0.102. The molecule has 2 aromatic carbocycles. The minimum Gasteiger partial charge on any atom is -0.360 e. The minimum atomic E-state index is -3.83. The van der Waals surface area contributed by atoms with Crippen LogP contribution in [0.4, 0.5) is 11.4 Å². The summed E-state index contributed by atoms with van der Waals surface area (Å²) in [5.41, 5.74) is 3.86. The number of anilines is 2. The smallest absolute Gasteiger partial charge is 0.267 e. The van der Waals surface area contributed by atoms with Gasteiger partial charge in [0.25, 0.3) is 15.9 Å². The lowest BCUT2D eigenvalue weighted by Crippen LogP contribution is -2.15. The Bertz CT molecular complexity index is 1090. The van der Waals surface area contributed by atoms with E-state index in [0.29, 0.717) is 16.9 Å². The van der Waals surface area contributed by atoms with Gasteiger partial charge in [0, 0.05) is 16.9 Å². The van der Waals surface area contributed by atoms with Crippen molar-refractivity contribution in [3.05, 3.63) is 70.6 Å². The molecule has 0 fully saturated rings. The Morgan fingerprint density at radius 3 is 2.07 bits per heavy atom. The van der Waals surface area contributed by atoms with Gasteiger partial charge in [-0.1, -0.05) is 11.2 Å². The van der Waals surface area contributed by atoms with E-state index in [2.05, 4.69) is 15.2 Å². The first-order valence-corrected chi connectivity index (χ1v) is 10.1. The number of aryl methyl sites for hydroxylation is 4. The van der Waals surface area contributed by atoms with Gasteiger partial charge in [-0.2, -0.15) is 0 Å². The Morgan fingerprint density at radius 2 is 1.54 bits per heavy atom. The van der Waals surface area contributed by atoms with Crippen LogP contribution in [0.3, 0.4) is 0 Å². The van der Waals surface area contributed by atoms with Gasteiger partial charge in [0.2, 0.25) is 0 Å². The average molecular weight is 399 g/mol. The maximum absolute atomic E-state index is 12.5. The lowest BCUT2D eigenvalue weighted by Gasteiger charge is -2.10. The largest absolute Gasteiger partial charge is 0.360 e. The van der Waals surface area contributed by atoms with Gasteiger partial charge in [-0.05, 0) is 75.2 Å². The number of rotatable bonds is 5. The van der Waals surface area contributed by atoms with Crippen molar-refractivity contribution in [3.63, 3.8) is 0 Å². The standard InChI is InChI=1S/C20H21N3O4S/c1-12-9-13(2)11-18(10-12)21-20(24)16-5-7-17(8-6-16)23-28(25,26)19-14(3)22-27-15(19)4/h5-11,23H,1-4H3,(H,21,24). The van der Waals surface area contributed by atoms with Crippen LogP contribution in [-0.2, 0) is 10.0 Å². The number of hydrogen-bond acceptors (Lipinski definition) is 5. The number of aromatic nitrogens is 1. The van der Waals surface area contributed by atoms with Crippen LogP contribution in [0.2, 0.25) is 0 Å². The molecule has 28 heavy (non-hydrogen) atoms. The Kier molecular flexibility index (Phi) is 5.24. The molecule has 0 aliphatic carbocycles. The zero-order valence-electron chi connectivity index (χ0n) is 16.0. The fourth-order valence-electron chi connectivity index (χ4n) is 3.00. The van der Waals surface area contributed by atoms with Crippen molar-refractivity contribution in [1.29, 1.82) is 0 Å². The summed E-state index contributed by atoms with van der Waals surface area (Å²) >= 11 is 0. The molecular weight excluding hydrogens is 378 g/mol. The zero-order valence-corrected chi connectivity index (χ0v) is 16.8. The number of carbonyl (C=O) groups is 1. The van der Waals surface area contributed by atoms with E-state index < -0.39 is 10.0 Å². The van der Waals surface area contributed by atoms with Crippen molar-refractivity contribution in [1.82, 2.24) is 5.16 Å². The van der Waals surface area contributed by atoms with E-state index in [-0.39, 0.29) is 22.3 Å². The molecule has 1 amide bonds. The third-order valence-corrected chi connectivity index (χ3v) is 5.74. The van der Waals surface area contributed by atoms with Gasteiger partial charge < -0.3 is 9.84 Å². The van der Waals surface area contributed by atoms with Crippen molar-refractivity contribution < 1.29 is 17.7 Å². The molecule has 0 saturated heterocycles. The number of sulfonamides is 1. The Balaban J connectivity index is 1.75. The third kappa shape index (κ3) is 4.23. The van der Waals surface area contributed by atoms with E-state index in [4.69, 9.17) is 4.52 Å². The number of nitrogens with zero attached hydrogens (tertiary/aromatic N) is 1. The SMILES string of the molecule is Cc1cc(C)cc(NC(=O)c2ccc(NS(=O)(=O)c3c(C)noc3C)cc2)c1. The number of carbonyl (C=O) groups excluding carboxylic acids is 1. The molecular formula is C20H21N3O4S. The van der Waals surface area contributed by atoms with E-state index in [9.17, 15) is 13.2 Å². The molecule has 146 valence electrons. The van der Waals surface area contributed by atoms with Crippen LogP contribution in [-0.4, -0.2) is 19.5 Å². The number of amides is 1. The van der Waals surface area contributed by atoms with Crippen molar-refractivity contribution >= 4 is 27.3 Å².